The van der Waals surface area contributed by atoms with E-state index in [0.717, 1.165) is 24.1 Å². The van der Waals surface area contributed by atoms with E-state index in [4.69, 9.17) is 11.6 Å². The monoisotopic (exact) mass is 427 g/mol. The number of aromatic nitrogens is 4. The molecule has 0 radical (unpaired) electrons. The number of carbonyl (C=O) groups excluding carboxylic acids is 1. The van der Waals surface area contributed by atoms with Crippen LogP contribution in [0.3, 0.4) is 0 Å². The van der Waals surface area contributed by atoms with Crippen molar-refractivity contribution in [2.45, 2.75) is 43.8 Å². The third-order valence-corrected chi connectivity index (χ3v) is 6.27. The number of hydrogen-bond donors (Lipinski definition) is 1. The molecule has 6 nitrogen and oxygen atoms in total. The lowest BCUT2D eigenvalue weighted by Crippen LogP contribution is -2.28. The largest absolute Gasteiger partial charge is 0.349 e. The fourth-order valence-electron chi connectivity index (χ4n) is 3.53. The van der Waals surface area contributed by atoms with Gasteiger partial charge in [-0.1, -0.05) is 41.6 Å². The highest BCUT2D eigenvalue weighted by atomic mass is 35.5. The van der Waals surface area contributed by atoms with Crippen molar-refractivity contribution >= 4 is 29.3 Å². The van der Waals surface area contributed by atoms with Crippen molar-refractivity contribution < 1.29 is 4.79 Å². The zero-order chi connectivity index (χ0) is 20.2. The third-order valence-electron chi connectivity index (χ3n) is 5.09. The van der Waals surface area contributed by atoms with Crippen LogP contribution in [0.5, 0.6) is 0 Å². The van der Waals surface area contributed by atoms with Gasteiger partial charge in [0.2, 0.25) is 11.1 Å². The molecule has 1 amide bonds. The van der Waals surface area contributed by atoms with Crippen LogP contribution in [0.2, 0.25) is 5.02 Å². The van der Waals surface area contributed by atoms with Gasteiger partial charge < -0.3 is 5.32 Å². The summed E-state index contributed by atoms with van der Waals surface area (Å²) in [5, 5.41) is 16.0. The third kappa shape index (κ3) is 4.79. The average Bonchev–Trinajstić information content (AvgIpc) is 3.21. The van der Waals surface area contributed by atoms with E-state index < -0.39 is 0 Å². The summed E-state index contributed by atoms with van der Waals surface area (Å²) < 4.78 is 1.60. The molecule has 1 aromatic heterocycles. The fraction of sp³-hybridized carbons (Fsp3) is 0.333. The first-order chi connectivity index (χ1) is 14.1. The van der Waals surface area contributed by atoms with Crippen LogP contribution < -0.4 is 5.32 Å². The van der Waals surface area contributed by atoms with Crippen LogP contribution in [0.4, 0.5) is 0 Å². The number of tetrazole rings is 1. The molecule has 1 atom stereocenters. The molecule has 8 heteroatoms. The van der Waals surface area contributed by atoms with Gasteiger partial charge in [-0.15, -0.1) is 5.10 Å². The van der Waals surface area contributed by atoms with Crippen LogP contribution in [0.15, 0.2) is 47.6 Å². The van der Waals surface area contributed by atoms with Gasteiger partial charge in [-0.05, 0) is 84.0 Å². The number of amides is 1. The van der Waals surface area contributed by atoms with Gasteiger partial charge in [0.05, 0.1) is 17.5 Å². The fourth-order valence-corrected chi connectivity index (χ4v) is 4.36. The second-order valence-electron chi connectivity index (χ2n) is 7.16. The van der Waals surface area contributed by atoms with Gasteiger partial charge >= 0.3 is 0 Å². The van der Waals surface area contributed by atoms with Crippen molar-refractivity contribution in [2.24, 2.45) is 0 Å². The Bertz CT molecular complexity index is 1000. The second-order valence-corrected chi connectivity index (χ2v) is 8.54. The number of hydrogen-bond acceptors (Lipinski definition) is 5. The molecular formula is C21H22ClN5OS. The Balaban J connectivity index is 1.36. The molecular weight excluding hydrogens is 406 g/mol. The predicted octanol–water partition coefficient (Wildman–Crippen LogP) is 4.16. The number of halogens is 1. The molecule has 0 spiro atoms. The molecule has 2 aromatic carbocycles. The lowest BCUT2D eigenvalue weighted by atomic mass is 9.89. The van der Waals surface area contributed by atoms with Crippen LogP contribution in [-0.4, -0.2) is 31.9 Å². The van der Waals surface area contributed by atoms with E-state index in [1.807, 2.05) is 19.1 Å². The van der Waals surface area contributed by atoms with Crippen LogP contribution in [0.1, 0.15) is 42.5 Å². The maximum Gasteiger partial charge on any atom is 0.230 e. The molecule has 1 unspecified atom stereocenters. The summed E-state index contributed by atoms with van der Waals surface area (Å²) in [6.07, 6.45) is 4.81. The lowest BCUT2D eigenvalue weighted by Gasteiger charge is -2.20. The normalized spacial score (nSPS) is 14.3. The minimum Gasteiger partial charge on any atom is -0.349 e. The Hall–Kier alpha value is -2.38. The van der Waals surface area contributed by atoms with E-state index in [2.05, 4.69) is 39.0 Å². The molecule has 0 saturated carbocycles. The first kappa shape index (κ1) is 19.9. The summed E-state index contributed by atoms with van der Waals surface area (Å²) in [4.78, 5) is 12.5. The number of nitrogens with one attached hydrogen (secondary N) is 1. The van der Waals surface area contributed by atoms with Gasteiger partial charge in [0.15, 0.2) is 0 Å². The number of benzene rings is 2. The second kappa shape index (κ2) is 8.97. The Morgan fingerprint density at radius 2 is 1.93 bits per heavy atom. The van der Waals surface area contributed by atoms with Crippen molar-refractivity contribution in [3.8, 4) is 5.69 Å². The number of nitrogens with zero attached hydrogens (tertiary/aromatic N) is 4. The molecule has 1 N–H and O–H groups in total. The Morgan fingerprint density at radius 3 is 2.72 bits per heavy atom. The molecule has 0 bridgehead atoms. The van der Waals surface area contributed by atoms with Crippen LogP contribution in [-0.2, 0) is 17.6 Å². The first-order valence-electron chi connectivity index (χ1n) is 9.68. The summed E-state index contributed by atoms with van der Waals surface area (Å²) >= 11 is 7.24. The van der Waals surface area contributed by atoms with Crippen molar-refractivity contribution in [2.75, 3.05) is 5.75 Å². The highest BCUT2D eigenvalue weighted by Crippen LogP contribution is 2.25. The number of fused-ring (bicyclic) bond motifs is 1. The molecule has 29 heavy (non-hydrogen) atoms. The van der Waals surface area contributed by atoms with Crippen LogP contribution >= 0.6 is 23.4 Å². The smallest absolute Gasteiger partial charge is 0.230 e. The molecule has 3 aromatic rings. The highest BCUT2D eigenvalue weighted by molar-refractivity contribution is 7.99. The topological polar surface area (TPSA) is 72.7 Å². The molecule has 0 aliphatic heterocycles. The average molecular weight is 428 g/mol. The molecule has 1 aliphatic rings. The predicted molar refractivity (Wildman–Crippen MR) is 115 cm³/mol. The van der Waals surface area contributed by atoms with Crippen molar-refractivity contribution in [3.63, 3.8) is 0 Å². The maximum absolute atomic E-state index is 12.5. The van der Waals surface area contributed by atoms with E-state index in [9.17, 15) is 4.79 Å². The van der Waals surface area contributed by atoms with Gasteiger partial charge in [0.25, 0.3) is 0 Å². The molecule has 1 heterocycles. The van der Waals surface area contributed by atoms with Gasteiger partial charge in [-0.2, -0.15) is 4.68 Å². The minimum absolute atomic E-state index is 0.0393. The molecule has 0 fully saturated rings. The number of aryl methyl sites for hydroxylation is 2. The summed E-state index contributed by atoms with van der Waals surface area (Å²) in [5.74, 6) is 0.189. The lowest BCUT2D eigenvalue weighted by molar-refractivity contribution is -0.119. The Morgan fingerprint density at radius 1 is 1.17 bits per heavy atom. The van der Waals surface area contributed by atoms with Crippen LogP contribution in [0, 0.1) is 0 Å². The summed E-state index contributed by atoms with van der Waals surface area (Å²) in [5.41, 5.74) is 4.81. The molecule has 150 valence electrons. The number of rotatable bonds is 6. The van der Waals surface area contributed by atoms with E-state index in [1.165, 1.54) is 35.7 Å². The zero-order valence-corrected chi connectivity index (χ0v) is 17.7. The van der Waals surface area contributed by atoms with Crippen molar-refractivity contribution in [1.82, 2.24) is 25.5 Å². The molecule has 1 aliphatic carbocycles. The van der Waals surface area contributed by atoms with Gasteiger partial charge in [0, 0.05) is 5.02 Å². The number of thioether (sulfide) groups is 1. The van der Waals surface area contributed by atoms with Gasteiger partial charge in [-0.25, -0.2) is 0 Å². The molecule has 0 saturated heterocycles. The van der Waals surface area contributed by atoms with E-state index in [1.54, 1.807) is 16.8 Å². The maximum atomic E-state index is 12.5. The van der Waals surface area contributed by atoms with E-state index in [0.29, 0.717) is 10.2 Å². The summed E-state index contributed by atoms with van der Waals surface area (Å²) in [6, 6.07) is 13.8. The van der Waals surface area contributed by atoms with E-state index >= 15 is 0 Å². The summed E-state index contributed by atoms with van der Waals surface area (Å²) in [6.45, 7) is 2.02. The van der Waals surface area contributed by atoms with Crippen LogP contribution in [0.25, 0.3) is 5.69 Å². The Kier molecular flexibility index (Phi) is 6.16. The van der Waals surface area contributed by atoms with E-state index in [-0.39, 0.29) is 17.7 Å². The molecule has 4 rings (SSSR count). The van der Waals surface area contributed by atoms with Crippen molar-refractivity contribution in [1.29, 1.82) is 0 Å². The van der Waals surface area contributed by atoms with Gasteiger partial charge in [-0.3, -0.25) is 4.79 Å². The summed E-state index contributed by atoms with van der Waals surface area (Å²) in [7, 11) is 0. The Labute approximate surface area is 179 Å². The highest BCUT2D eigenvalue weighted by Gasteiger charge is 2.16. The first-order valence-corrected chi connectivity index (χ1v) is 11.0. The van der Waals surface area contributed by atoms with Gasteiger partial charge in [0.1, 0.15) is 0 Å². The minimum atomic E-state index is -0.0501. The van der Waals surface area contributed by atoms with Crippen molar-refractivity contribution in [3.05, 3.63) is 64.2 Å². The standard InChI is InChI=1S/C21H22ClN5OS/c1-14(16-7-6-15-4-2-3-5-17(15)12-16)23-20(28)13-29-21-24-25-26-27(21)19-10-8-18(22)9-11-19/h6-12,14H,2-5,13H2,1H3,(H,23,28). The SMILES string of the molecule is CC(NC(=O)CSc1nnnn1-c1ccc(Cl)cc1)c1ccc2c(c1)CCCC2. The number of carbonyl (C=O) groups is 1. The quantitative estimate of drug-likeness (QED) is 0.598. The zero-order valence-electron chi connectivity index (χ0n) is 16.1.